The van der Waals surface area contributed by atoms with Crippen LogP contribution in [0.2, 0.25) is 0 Å². The van der Waals surface area contributed by atoms with Crippen LogP contribution in [-0.4, -0.2) is 22.9 Å². The molecule has 5 heteroatoms. The molecule has 0 aliphatic carbocycles. The van der Waals surface area contributed by atoms with Gasteiger partial charge in [-0.2, -0.15) is 0 Å². The van der Waals surface area contributed by atoms with Crippen molar-refractivity contribution in [2.75, 3.05) is 6.67 Å². The number of carbonyl (C=O) groups is 1. The Balaban J connectivity index is 2.73. The third-order valence-electron chi connectivity index (χ3n) is 1.12. The third-order valence-corrected chi connectivity index (χ3v) is 1.12. The standard InChI is InChI=1S/C6H6FNO3/c7-2-1-4-3-5(6(9)10)8-11-4/h3H,1-2H2,(H,9,10). The van der Waals surface area contributed by atoms with E-state index in [4.69, 9.17) is 5.11 Å². The van der Waals surface area contributed by atoms with Crippen LogP contribution in [0.25, 0.3) is 0 Å². The van der Waals surface area contributed by atoms with Crippen molar-refractivity contribution in [2.24, 2.45) is 0 Å². The molecule has 11 heavy (non-hydrogen) atoms. The van der Waals surface area contributed by atoms with Gasteiger partial charge in [-0.3, -0.25) is 4.39 Å². The van der Waals surface area contributed by atoms with Crippen molar-refractivity contribution in [2.45, 2.75) is 6.42 Å². The molecular formula is C6H6FNO3. The van der Waals surface area contributed by atoms with Crippen LogP contribution in [0.3, 0.4) is 0 Å². The van der Waals surface area contributed by atoms with Crippen molar-refractivity contribution >= 4 is 5.97 Å². The van der Waals surface area contributed by atoms with Crippen molar-refractivity contribution in [1.29, 1.82) is 0 Å². The largest absolute Gasteiger partial charge is 0.476 e. The lowest BCUT2D eigenvalue weighted by atomic mass is 10.3. The molecule has 60 valence electrons. The molecule has 1 aromatic heterocycles. The van der Waals surface area contributed by atoms with Crippen LogP contribution in [0.1, 0.15) is 16.2 Å². The van der Waals surface area contributed by atoms with Gasteiger partial charge in [0.15, 0.2) is 5.69 Å². The Labute approximate surface area is 61.6 Å². The number of carboxylic acids is 1. The van der Waals surface area contributed by atoms with E-state index in [1.807, 2.05) is 0 Å². The lowest BCUT2D eigenvalue weighted by Crippen LogP contribution is -1.94. The second-order valence-electron chi connectivity index (χ2n) is 1.92. The Kier molecular flexibility index (Phi) is 2.20. The van der Waals surface area contributed by atoms with E-state index in [0.717, 1.165) is 0 Å². The molecule has 0 aliphatic heterocycles. The quantitative estimate of drug-likeness (QED) is 0.711. The van der Waals surface area contributed by atoms with Crippen LogP contribution < -0.4 is 0 Å². The minimum atomic E-state index is -1.17. The van der Waals surface area contributed by atoms with Gasteiger partial charge in [0.1, 0.15) is 5.76 Å². The fourth-order valence-corrected chi connectivity index (χ4v) is 0.625. The van der Waals surface area contributed by atoms with Crippen LogP contribution in [0.15, 0.2) is 10.6 Å². The number of alkyl halides is 1. The van der Waals surface area contributed by atoms with Gasteiger partial charge >= 0.3 is 5.97 Å². The second-order valence-corrected chi connectivity index (χ2v) is 1.92. The fourth-order valence-electron chi connectivity index (χ4n) is 0.625. The minimum Gasteiger partial charge on any atom is -0.476 e. The Morgan fingerprint density at radius 1 is 1.82 bits per heavy atom. The third kappa shape index (κ3) is 1.76. The Morgan fingerprint density at radius 2 is 2.55 bits per heavy atom. The number of aromatic carboxylic acids is 1. The predicted octanol–water partition coefficient (Wildman–Crippen LogP) is 0.885. The normalized spacial score (nSPS) is 9.91. The molecule has 1 aromatic rings. The Morgan fingerprint density at radius 3 is 3.00 bits per heavy atom. The number of halogens is 1. The van der Waals surface area contributed by atoms with Crippen molar-refractivity contribution in [1.82, 2.24) is 5.16 Å². The summed E-state index contributed by atoms with van der Waals surface area (Å²) >= 11 is 0. The van der Waals surface area contributed by atoms with E-state index >= 15 is 0 Å². The molecule has 1 heterocycles. The summed E-state index contributed by atoms with van der Waals surface area (Å²) < 4.78 is 16.1. The topological polar surface area (TPSA) is 63.3 Å². The van der Waals surface area contributed by atoms with Crippen molar-refractivity contribution in [3.05, 3.63) is 17.5 Å². The predicted molar refractivity (Wildman–Crippen MR) is 33.1 cm³/mol. The van der Waals surface area contributed by atoms with Gasteiger partial charge in [-0.1, -0.05) is 5.16 Å². The summed E-state index contributed by atoms with van der Waals surface area (Å²) in [6, 6.07) is 1.21. The number of hydrogen-bond acceptors (Lipinski definition) is 3. The van der Waals surface area contributed by atoms with Crippen LogP contribution in [0.5, 0.6) is 0 Å². The SMILES string of the molecule is O=C(O)c1cc(CCF)on1. The van der Waals surface area contributed by atoms with Crippen LogP contribution in [0, 0.1) is 0 Å². The van der Waals surface area contributed by atoms with Gasteiger partial charge in [0.05, 0.1) is 6.67 Å². The molecule has 1 N–H and O–H groups in total. The zero-order valence-electron chi connectivity index (χ0n) is 5.58. The maximum Gasteiger partial charge on any atom is 0.358 e. The van der Waals surface area contributed by atoms with Crippen molar-refractivity contribution in [3.63, 3.8) is 0 Å². The molecule has 0 saturated heterocycles. The highest BCUT2D eigenvalue weighted by molar-refractivity contribution is 5.85. The van der Waals surface area contributed by atoms with Gasteiger partial charge in [-0.05, 0) is 0 Å². The number of aryl methyl sites for hydroxylation is 1. The molecule has 0 saturated carbocycles. The van der Waals surface area contributed by atoms with Gasteiger partial charge in [0.2, 0.25) is 0 Å². The Bertz CT molecular complexity index is 258. The van der Waals surface area contributed by atoms with Crippen molar-refractivity contribution in [3.8, 4) is 0 Å². The van der Waals surface area contributed by atoms with Crippen LogP contribution >= 0.6 is 0 Å². The number of rotatable bonds is 3. The van der Waals surface area contributed by atoms with E-state index in [2.05, 4.69) is 9.68 Å². The second kappa shape index (κ2) is 3.14. The van der Waals surface area contributed by atoms with E-state index in [1.54, 1.807) is 0 Å². The average Bonchev–Trinajstić information content (AvgIpc) is 2.37. The van der Waals surface area contributed by atoms with Gasteiger partial charge < -0.3 is 9.63 Å². The zero-order chi connectivity index (χ0) is 8.27. The van der Waals surface area contributed by atoms with Crippen molar-refractivity contribution < 1.29 is 18.8 Å². The molecule has 0 fully saturated rings. The van der Waals surface area contributed by atoms with E-state index < -0.39 is 12.6 Å². The van der Waals surface area contributed by atoms with Gasteiger partial charge in [-0.25, -0.2) is 4.79 Å². The molecule has 0 unspecified atom stereocenters. The summed E-state index contributed by atoms with van der Waals surface area (Å²) in [5, 5.41) is 11.5. The first kappa shape index (κ1) is 7.71. The summed E-state index contributed by atoms with van der Waals surface area (Å²) in [5.74, 6) is -0.913. The number of carboxylic acid groups (broad SMARTS) is 1. The Hall–Kier alpha value is -1.39. The lowest BCUT2D eigenvalue weighted by molar-refractivity contribution is 0.0685. The highest BCUT2D eigenvalue weighted by atomic mass is 19.1. The van der Waals surface area contributed by atoms with E-state index in [1.165, 1.54) is 6.07 Å². The van der Waals surface area contributed by atoms with Gasteiger partial charge in [0.25, 0.3) is 0 Å². The number of nitrogens with zero attached hydrogens (tertiary/aromatic N) is 1. The lowest BCUT2D eigenvalue weighted by Gasteiger charge is -1.81. The maximum absolute atomic E-state index is 11.7. The monoisotopic (exact) mass is 159 g/mol. The molecule has 0 aliphatic rings. The summed E-state index contributed by atoms with van der Waals surface area (Å²) in [7, 11) is 0. The molecule has 0 radical (unpaired) electrons. The summed E-state index contributed by atoms with van der Waals surface area (Å²) in [5.41, 5.74) is -0.187. The molecular weight excluding hydrogens is 153 g/mol. The highest BCUT2D eigenvalue weighted by Crippen LogP contribution is 2.03. The molecule has 0 spiro atoms. The van der Waals surface area contributed by atoms with Gasteiger partial charge in [-0.15, -0.1) is 0 Å². The first-order valence-corrected chi connectivity index (χ1v) is 2.99. The fraction of sp³-hybridized carbons (Fsp3) is 0.333. The minimum absolute atomic E-state index is 0.0697. The smallest absolute Gasteiger partial charge is 0.358 e. The van der Waals surface area contributed by atoms with E-state index in [-0.39, 0.29) is 17.9 Å². The molecule has 0 bridgehead atoms. The average molecular weight is 159 g/mol. The van der Waals surface area contributed by atoms with E-state index in [0.29, 0.717) is 0 Å². The van der Waals surface area contributed by atoms with Crippen LogP contribution in [0.4, 0.5) is 4.39 Å². The highest BCUT2D eigenvalue weighted by Gasteiger charge is 2.09. The van der Waals surface area contributed by atoms with Gasteiger partial charge in [0, 0.05) is 12.5 Å². The molecule has 1 rings (SSSR count). The summed E-state index contributed by atoms with van der Waals surface area (Å²) in [6.45, 7) is -0.575. The summed E-state index contributed by atoms with van der Waals surface area (Å²) in [4.78, 5) is 10.2. The molecule has 0 aromatic carbocycles. The molecule has 4 nitrogen and oxygen atoms in total. The van der Waals surface area contributed by atoms with Crippen LogP contribution in [-0.2, 0) is 6.42 Å². The summed E-state index contributed by atoms with van der Waals surface area (Å²) in [6.07, 6.45) is 0.0697. The van der Waals surface area contributed by atoms with E-state index in [9.17, 15) is 9.18 Å². The number of aromatic nitrogens is 1. The first-order valence-electron chi connectivity index (χ1n) is 2.99. The maximum atomic E-state index is 11.7. The molecule has 0 amide bonds. The number of hydrogen-bond donors (Lipinski definition) is 1. The zero-order valence-corrected chi connectivity index (χ0v) is 5.58. The first-order chi connectivity index (χ1) is 5.24. The molecule has 0 atom stereocenters.